The first-order valence-electron chi connectivity index (χ1n) is 4.93. The van der Waals surface area contributed by atoms with E-state index in [-0.39, 0.29) is 5.25 Å². The maximum atomic E-state index is 11.3. The van der Waals surface area contributed by atoms with Crippen LogP contribution in [-0.2, 0) is 9.84 Å². The molecule has 0 saturated heterocycles. The molecular weight excluding hydrogens is 202 g/mol. The zero-order valence-electron chi connectivity index (χ0n) is 8.78. The van der Waals surface area contributed by atoms with E-state index in [4.69, 9.17) is 0 Å². The van der Waals surface area contributed by atoms with Crippen LogP contribution < -0.4 is 5.32 Å². The fourth-order valence-corrected chi connectivity index (χ4v) is 3.15. The van der Waals surface area contributed by atoms with Gasteiger partial charge >= 0.3 is 0 Å². The SMILES string of the molecule is CNCC1(O)CCC(S(C)(=O)=O)CC1. The molecule has 0 aliphatic heterocycles. The first-order valence-corrected chi connectivity index (χ1v) is 6.89. The summed E-state index contributed by atoms with van der Waals surface area (Å²) in [5.74, 6) is 0. The molecule has 1 rings (SSSR count). The summed E-state index contributed by atoms with van der Waals surface area (Å²) >= 11 is 0. The van der Waals surface area contributed by atoms with Crippen molar-refractivity contribution in [1.82, 2.24) is 5.32 Å². The second kappa shape index (κ2) is 4.16. The molecule has 1 saturated carbocycles. The van der Waals surface area contributed by atoms with Crippen molar-refractivity contribution in [3.05, 3.63) is 0 Å². The quantitative estimate of drug-likeness (QED) is 0.700. The van der Waals surface area contributed by atoms with E-state index in [1.54, 1.807) is 7.05 Å². The molecule has 4 nitrogen and oxygen atoms in total. The van der Waals surface area contributed by atoms with Crippen LogP contribution in [0, 0.1) is 0 Å². The predicted molar refractivity (Wildman–Crippen MR) is 56.0 cm³/mol. The first-order chi connectivity index (χ1) is 6.37. The lowest BCUT2D eigenvalue weighted by atomic mass is 9.84. The van der Waals surface area contributed by atoms with Crippen LogP contribution in [0.3, 0.4) is 0 Å². The van der Waals surface area contributed by atoms with E-state index in [1.807, 2.05) is 0 Å². The van der Waals surface area contributed by atoms with Gasteiger partial charge in [0.05, 0.1) is 10.9 Å². The smallest absolute Gasteiger partial charge is 0.150 e. The molecule has 0 heterocycles. The van der Waals surface area contributed by atoms with Crippen molar-refractivity contribution < 1.29 is 13.5 Å². The van der Waals surface area contributed by atoms with Crippen molar-refractivity contribution in [3.8, 4) is 0 Å². The van der Waals surface area contributed by atoms with Crippen molar-refractivity contribution in [2.75, 3.05) is 19.8 Å². The summed E-state index contributed by atoms with van der Waals surface area (Å²) < 4.78 is 22.5. The molecule has 0 atom stereocenters. The van der Waals surface area contributed by atoms with E-state index in [9.17, 15) is 13.5 Å². The van der Waals surface area contributed by atoms with Gasteiger partial charge in [-0.2, -0.15) is 0 Å². The Kier molecular flexibility index (Phi) is 3.55. The van der Waals surface area contributed by atoms with E-state index in [2.05, 4.69) is 5.32 Å². The molecular formula is C9H19NO3S. The van der Waals surface area contributed by atoms with Crippen molar-refractivity contribution in [2.24, 2.45) is 0 Å². The highest BCUT2D eigenvalue weighted by Gasteiger charge is 2.35. The van der Waals surface area contributed by atoms with Crippen LogP contribution in [0.25, 0.3) is 0 Å². The molecule has 1 aliphatic carbocycles. The lowest BCUT2D eigenvalue weighted by Gasteiger charge is -2.35. The molecule has 1 fully saturated rings. The highest BCUT2D eigenvalue weighted by atomic mass is 32.2. The number of sulfone groups is 1. The molecule has 84 valence electrons. The van der Waals surface area contributed by atoms with Gasteiger partial charge in [0.25, 0.3) is 0 Å². The van der Waals surface area contributed by atoms with Crippen molar-refractivity contribution in [3.63, 3.8) is 0 Å². The molecule has 0 aromatic carbocycles. The van der Waals surface area contributed by atoms with Gasteiger partial charge in [0.15, 0.2) is 0 Å². The van der Waals surface area contributed by atoms with E-state index in [0.717, 1.165) is 0 Å². The maximum absolute atomic E-state index is 11.3. The standard InChI is InChI=1S/C9H19NO3S/c1-10-7-9(11)5-3-8(4-6-9)14(2,12)13/h8,10-11H,3-7H2,1-2H3. The van der Waals surface area contributed by atoms with Gasteiger partial charge in [-0.05, 0) is 32.7 Å². The Morgan fingerprint density at radius 1 is 1.43 bits per heavy atom. The average molecular weight is 221 g/mol. The largest absolute Gasteiger partial charge is 0.389 e. The summed E-state index contributed by atoms with van der Waals surface area (Å²) in [5, 5.41) is 12.7. The van der Waals surface area contributed by atoms with Crippen LogP contribution in [0.4, 0.5) is 0 Å². The van der Waals surface area contributed by atoms with Gasteiger partial charge in [-0.15, -0.1) is 0 Å². The Hall–Kier alpha value is -0.130. The first kappa shape index (κ1) is 11.9. The summed E-state index contributed by atoms with van der Waals surface area (Å²) in [6, 6.07) is 0. The van der Waals surface area contributed by atoms with E-state index in [1.165, 1.54) is 6.26 Å². The van der Waals surface area contributed by atoms with Crippen LogP contribution in [0.5, 0.6) is 0 Å². The Balaban J connectivity index is 2.54. The van der Waals surface area contributed by atoms with Gasteiger partial charge in [-0.3, -0.25) is 0 Å². The monoisotopic (exact) mass is 221 g/mol. The third-order valence-corrected chi connectivity index (χ3v) is 4.66. The van der Waals surface area contributed by atoms with Crippen molar-refractivity contribution in [1.29, 1.82) is 0 Å². The van der Waals surface area contributed by atoms with Gasteiger partial charge in [0, 0.05) is 12.8 Å². The number of aliphatic hydroxyl groups is 1. The van der Waals surface area contributed by atoms with E-state index in [0.29, 0.717) is 32.2 Å². The summed E-state index contributed by atoms with van der Waals surface area (Å²) in [4.78, 5) is 0. The number of rotatable bonds is 3. The molecule has 5 heteroatoms. The molecule has 0 amide bonds. The normalized spacial score (nSPS) is 34.4. The molecule has 0 spiro atoms. The highest BCUT2D eigenvalue weighted by Crippen LogP contribution is 2.30. The fraction of sp³-hybridized carbons (Fsp3) is 1.00. The second-order valence-corrected chi connectivity index (χ2v) is 6.61. The predicted octanol–water partition coefficient (Wildman–Crippen LogP) is -0.0759. The van der Waals surface area contributed by atoms with E-state index >= 15 is 0 Å². The maximum Gasteiger partial charge on any atom is 0.150 e. The van der Waals surface area contributed by atoms with Gasteiger partial charge in [0.2, 0.25) is 0 Å². The Bertz CT molecular complexity index is 278. The van der Waals surface area contributed by atoms with Crippen LogP contribution in [0.2, 0.25) is 0 Å². The second-order valence-electron chi connectivity index (χ2n) is 4.28. The number of likely N-dealkylation sites (N-methyl/N-ethyl adjacent to an activating group) is 1. The van der Waals surface area contributed by atoms with Crippen LogP contribution in [-0.4, -0.2) is 44.2 Å². The molecule has 2 N–H and O–H groups in total. The minimum atomic E-state index is -2.92. The topological polar surface area (TPSA) is 66.4 Å². The van der Waals surface area contributed by atoms with Gasteiger partial charge in [0.1, 0.15) is 9.84 Å². The van der Waals surface area contributed by atoms with Gasteiger partial charge < -0.3 is 10.4 Å². The molecule has 0 unspecified atom stereocenters. The lowest BCUT2D eigenvalue weighted by molar-refractivity contribution is 0.00748. The zero-order chi connectivity index (χ0) is 10.8. The minimum Gasteiger partial charge on any atom is -0.389 e. The third-order valence-electron chi connectivity index (χ3n) is 2.97. The average Bonchev–Trinajstić information content (AvgIpc) is 2.03. The molecule has 1 aliphatic rings. The summed E-state index contributed by atoms with van der Waals surface area (Å²) in [6.45, 7) is 0.545. The molecule has 0 aromatic rings. The molecule has 14 heavy (non-hydrogen) atoms. The van der Waals surface area contributed by atoms with Gasteiger partial charge in [-0.25, -0.2) is 8.42 Å². The Morgan fingerprint density at radius 2 is 1.93 bits per heavy atom. The third kappa shape index (κ3) is 2.93. The van der Waals surface area contributed by atoms with E-state index < -0.39 is 15.4 Å². The summed E-state index contributed by atoms with van der Waals surface area (Å²) in [6.07, 6.45) is 3.59. The number of hydrogen-bond donors (Lipinski definition) is 2. The van der Waals surface area contributed by atoms with Gasteiger partial charge in [-0.1, -0.05) is 0 Å². The van der Waals surface area contributed by atoms with Crippen LogP contribution in [0.1, 0.15) is 25.7 Å². The number of hydrogen-bond acceptors (Lipinski definition) is 4. The summed E-state index contributed by atoms with van der Waals surface area (Å²) in [7, 11) is -1.13. The summed E-state index contributed by atoms with van der Waals surface area (Å²) in [5.41, 5.74) is -0.698. The minimum absolute atomic E-state index is 0.250. The molecule has 0 radical (unpaired) electrons. The molecule has 0 bridgehead atoms. The Morgan fingerprint density at radius 3 is 2.29 bits per heavy atom. The Labute approximate surface area is 85.6 Å². The molecule has 0 aromatic heterocycles. The number of nitrogens with one attached hydrogen (secondary N) is 1. The lowest BCUT2D eigenvalue weighted by Crippen LogP contribution is -2.44. The fourth-order valence-electron chi connectivity index (χ4n) is 2.06. The zero-order valence-corrected chi connectivity index (χ0v) is 9.60. The highest BCUT2D eigenvalue weighted by molar-refractivity contribution is 7.91. The van der Waals surface area contributed by atoms with Crippen molar-refractivity contribution in [2.45, 2.75) is 36.5 Å². The van der Waals surface area contributed by atoms with Crippen LogP contribution >= 0.6 is 0 Å². The van der Waals surface area contributed by atoms with Crippen molar-refractivity contribution >= 4 is 9.84 Å². The van der Waals surface area contributed by atoms with Crippen LogP contribution in [0.15, 0.2) is 0 Å².